The lowest BCUT2D eigenvalue weighted by atomic mass is 10.0. The molecule has 0 aliphatic heterocycles. The minimum absolute atomic E-state index is 0.0980. The largest absolute Gasteiger partial charge is 0.324 e. The van der Waals surface area contributed by atoms with Gasteiger partial charge in [0, 0.05) is 18.2 Å². The number of hydrogen-bond donors (Lipinski definition) is 1. The number of aromatic nitrogens is 1. The van der Waals surface area contributed by atoms with Crippen LogP contribution >= 0.6 is 0 Å². The van der Waals surface area contributed by atoms with Crippen molar-refractivity contribution in [2.45, 2.75) is 12.5 Å². The highest BCUT2D eigenvalue weighted by Gasteiger charge is 2.07. The second-order valence-corrected chi connectivity index (χ2v) is 3.69. The lowest BCUT2D eigenvalue weighted by Crippen LogP contribution is -2.13. The molecule has 3 heteroatoms. The molecule has 82 valence electrons. The van der Waals surface area contributed by atoms with Crippen molar-refractivity contribution in [3.63, 3.8) is 0 Å². The van der Waals surface area contributed by atoms with Crippen LogP contribution in [0.25, 0.3) is 0 Å². The van der Waals surface area contributed by atoms with Crippen LogP contribution in [0.15, 0.2) is 48.7 Å². The highest BCUT2D eigenvalue weighted by molar-refractivity contribution is 5.20. The van der Waals surface area contributed by atoms with Gasteiger partial charge in [0.25, 0.3) is 0 Å². The van der Waals surface area contributed by atoms with Crippen LogP contribution in [-0.4, -0.2) is 4.98 Å². The van der Waals surface area contributed by atoms with Crippen molar-refractivity contribution in [2.75, 3.05) is 0 Å². The first-order valence-corrected chi connectivity index (χ1v) is 5.16. The van der Waals surface area contributed by atoms with E-state index in [2.05, 4.69) is 4.98 Å². The van der Waals surface area contributed by atoms with Crippen molar-refractivity contribution in [1.29, 1.82) is 0 Å². The summed E-state index contributed by atoms with van der Waals surface area (Å²) in [6, 6.07) is 12.8. The molecule has 1 atom stereocenters. The number of hydrogen-bond acceptors (Lipinski definition) is 2. The number of nitrogens with two attached hydrogens (primary N) is 1. The minimum atomic E-state index is -0.322. The van der Waals surface area contributed by atoms with Crippen LogP contribution in [-0.2, 0) is 6.42 Å². The van der Waals surface area contributed by atoms with E-state index in [1.54, 1.807) is 6.07 Å². The van der Waals surface area contributed by atoms with E-state index >= 15 is 0 Å². The molecule has 2 aromatic rings. The molecule has 0 aliphatic carbocycles. The van der Waals surface area contributed by atoms with Gasteiger partial charge in [-0.2, -0.15) is 0 Å². The molecule has 2 rings (SSSR count). The van der Waals surface area contributed by atoms with Gasteiger partial charge >= 0.3 is 0 Å². The fraction of sp³-hybridized carbons (Fsp3) is 0.154. The molecule has 0 spiro atoms. The molecule has 2 nitrogen and oxygen atoms in total. The lowest BCUT2D eigenvalue weighted by molar-refractivity contribution is 0.615. The summed E-state index contributed by atoms with van der Waals surface area (Å²) in [4.78, 5) is 3.99. The van der Waals surface area contributed by atoms with Gasteiger partial charge in [-0.05, 0) is 17.7 Å². The number of rotatable bonds is 3. The molecule has 1 aromatic heterocycles. The molecule has 0 saturated carbocycles. The van der Waals surface area contributed by atoms with E-state index in [1.165, 1.54) is 12.3 Å². The van der Waals surface area contributed by atoms with Crippen molar-refractivity contribution in [1.82, 2.24) is 4.98 Å². The zero-order valence-electron chi connectivity index (χ0n) is 8.81. The first-order valence-electron chi connectivity index (χ1n) is 5.16. The van der Waals surface area contributed by atoms with Crippen molar-refractivity contribution < 1.29 is 4.39 Å². The van der Waals surface area contributed by atoms with E-state index in [4.69, 9.17) is 5.73 Å². The van der Waals surface area contributed by atoms with Gasteiger partial charge in [-0.25, -0.2) is 4.39 Å². The van der Waals surface area contributed by atoms with Crippen LogP contribution in [0.3, 0.4) is 0 Å². The summed E-state index contributed by atoms with van der Waals surface area (Å²) in [6.07, 6.45) is 1.83. The third-order valence-electron chi connectivity index (χ3n) is 2.45. The molecule has 1 aromatic carbocycles. The van der Waals surface area contributed by atoms with E-state index in [0.717, 1.165) is 11.3 Å². The molecular weight excluding hydrogens is 203 g/mol. The van der Waals surface area contributed by atoms with Gasteiger partial charge in [0.2, 0.25) is 0 Å². The minimum Gasteiger partial charge on any atom is -0.324 e. The number of halogens is 1. The Bertz CT molecular complexity index is 439. The molecule has 0 bridgehead atoms. The zero-order valence-corrected chi connectivity index (χ0v) is 8.81. The van der Waals surface area contributed by atoms with Crippen molar-refractivity contribution in [3.8, 4) is 0 Å². The molecular formula is C13H13FN2. The number of nitrogens with zero attached hydrogens (tertiary/aromatic N) is 1. The van der Waals surface area contributed by atoms with E-state index in [-0.39, 0.29) is 11.9 Å². The maximum Gasteiger partial charge on any atom is 0.141 e. The standard InChI is InChI=1S/C13H13FN2/c14-11-6-7-12(16-9-11)8-13(15)10-4-2-1-3-5-10/h1-7,9,13H,8,15H2. The van der Waals surface area contributed by atoms with Gasteiger partial charge in [0.05, 0.1) is 6.20 Å². The molecule has 0 saturated heterocycles. The maximum atomic E-state index is 12.7. The second-order valence-electron chi connectivity index (χ2n) is 3.69. The topological polar surface area (TPSA) is 38.9 Å². The zero-order chi connectivity index (χ0) is 11.4. The third kappa shape index (κ3) is 2.64. The van der Waals surface area contributed by atoms with Crippen LogP contribution in [0, 0.1) is 5.82 Å². The quantitative estimate of drug-likeness (QED) is 0.856. The van der Waals surface area contributed by atoms with Crippen LogP contribution in [0.5, 0.6) is 0 Å². The summed E-state index contributed by atoms with van der Waals surface area (Å²) in [5.74, 6) is -0.322. The summed E-state index contributed by atoms with van der Waals surface area (Å²) in [5.41, 5.74) is 7.90. The normalized spacial score (nSPS) is 12.4. The van der Waals surface area contributed by atoms with Crippen LogP contribution < -0.4 is 5.73 Å². The van der Waals surface area contributed by atoms with Gasteiger partial charge in [-0.15, -0.1) is 0 Å². The van der Waals surface area contributed by atoms with Gasteiger partial charge in [-0.1, -0.05) is 30.3 Å². The first kappa shape index (κ1) is 10.8. The SMILES string of the molecule is NC(Cc1ccc(F)cn1)c1ccccc1. The molecule has 1 unspecified atom stereocenters. The van der Waals surface area contributed by atoms with E-state index < -0.39 is 0 Å². The molecule has 1 heterocycles. The monoisotopic (exact) mass is 216 g/mol. The van der Waals surface area contributed by atoms with Crippen molar-refractivity contribution >= 4 is 0 Å². The Kier molecular flexibility index (Phi) is 3.27. The summed E-state index contributed by atoms with van der Waals surface area (Å²) in [7, 11) is 0. The lowest BCUT2D eigenvalue weighted by Gasteiger charge is -2.11. The van der Waals surface area contributed by atoms with Gasteiger partial charge in [0.15, 0.2) is 0 Å². The third-order valence-corrected chi connectivity index (χ3v) is 2.45. The van der Waals surface area contributed by atoms with E-state index in [9.17, 15) is 4.39 Å². The summed E-state index contributed by atoms with van der Waals surface area (Å²) < 4.78 is 12.7. The van der Waals surface area contributed by atoms with Crippen molar-refractivity contribution in [2.24, 2.45) is 5.73 Å². The van der Waals surface area contributed by atoms with Gasteiger partial charge in [0.1, 0.15) is 5.82 Å². The fourth-order valence-corrected chi connectivity index (χ4v) is 1.57. The Balaban J connectivity index is 2.08. The van der Waals surface area contributed by atoms with Gasteiger partial charge < -0.3 is 5.73 Å². The van der Waals surface area contributed by atoms with Crippen molar-refractivity contribution in [3.05, 3.63) is 65.7 Å². The summed E-state index contributed by atoms with van der Waals surface area (Å²) in [5, 5.41) is 0. The smallest absolute Gasteiger partial charge is 0.141 e. The highest BCUT2D eigenvalue weighted by Crippen LogP contribution is 2.14. The average Bonchev–Trinajstić information content (AvgIpc) is 2.33. The van der Waals surface area contributed by atoms with E-state index in [0.29, 0.717) is 6.42 Å². The first-order chi connectivity index (χ1) is 7.75. The Morgan fingerprint density at radius 1 is 1.12 bits per heavy atom. The summed E-state index contributed by atoms with van der Waals surface area (Å²) >= 11 is 0. The Morgan fingerprint density at radius 2 is 1.88 bits per heavy atom. The Hall–Kier alpha value is -1.74. The Labute approximate surface area is 93.9 Å². The fourth-order valence-electron chi connectivity index (χ4n) is 1.57. The number of benzene rings is 1. The highest BCUT2D eigenvalue weighted by atomic mass is 19.1. The molecule has 16 heavy (non-hydrogen) atoms. The predicted molar refractivity (Wildman–Crippen MR) is 61.3 cm³/mol. The van der Waals surface area contributed by atoms with Crippen LogP contribution in [0.2, 0.25) is 0 Å². The summed E-state index contributed by atoms with van der Waals surface area (Å²) in [6.45, 7) is 0. The van der Waals surface area contributed by atoms with Gasteiger partial charge in [-0.3, -0.25) is 4.98 Å². The average molecular weight is 216 g/mol. The maximum absolute atomic E-state index is 12.7. The molecule has 0 radical (unpaired) electrons. The van der Waals surface area contributed by atoms with Crippen LogP contribution in [0.4, 0.5) is 4.39 Å². The Morgan fingerprint density at radius 3 is 2.50 bits per heavy atom. The second kappa shape index (κ2) is 4.86. The molecule has 0 amide bonds. The number of pyridine rings is 1. The predicted octanol–water partition coefficient (Wildman–Crippen LogP) is 2.46. The molecule has 2 N–H and O–H groups in total. The van der Waals surface area contributed by atoms with E-state index in [1.807, 2.05) is 30.3 Å². The molecule has 0 aliphatic rings. The molecule has 0 fully saturated rings. The van der Waals surface area contributed by atoms with Crippen LogP contribution in [0.1, 0.15) is 17.3 Å².